The van der Waals surface area contributed by atoms with E-state index >= 15 is 0 Å². The number of furan rings is 1. The van der Waals surface area contributed by atoms with E-state index < -0.39 is 0 Å². The number of rotatable bonds is 3. The van der Waals surface area contributed by atoms with Crippen LogP contribution in [0.25, 0.3) is 10.8 Å². The van der Waals surface area contributed by atoms with Gasteiger partial charge in [-0.1, -0.05) is 24.2 Å². The molecule has 0 radical (unpaired) electrons. The lowest BCUT2D eigenvalue weighted by Crippen LogP contribution is -2.39. The number of aromatic nitrogens is 2. The SMILES string of the molecule is Cl.O=C(Nc1nnc(-c2ccco2)s1)C1CC2CCCCC2N1. The van der Waals surface area contributed by atoms with Crippen LogP contribution in [0.15, 0.2) is 22.8 Å². The zero-order chi connectivity index (χ0) is 14.9. The Morgan fingerprint density at radius 2 is 2.22 bits per heavy atom. The fraction of sp³-hybridized carbons (Fsp3) is 0.533. The van der Waals surface area contributed by atoms with Gasteiger partial charge in [0.25, 0.3) is 0 Å². The predicted octanol–water partition coefficient (Wildman–Crippen LogP) is 3.08. The fourth-order valence-corrected chi connectivity index (χ4v) is 4.20. The maximum absolute atomic E-state index is 12.4. The summed E-state index contributed by atoms with van der Waals surface area (Å²) in [6.07, 6.45) is 7.52. The molecular formula is C15H19ClN4O2S. The maximum atomic E-state index is 12.4. The summed E-state index contributed by atoms with van der Waals surface area (Å²) >= 11 is 1.33. The highest BCUT2D eigenvalue weighted by Crippen LogP contribution is 2.34. The number of halogens is 1. The van der Waals surface area contributed by atoms with Crippen LogP contribution in [-0.4, -0.2) is 28.2 Å². The fourth-order valence-electron chi connectivity index (χ4n) is 3.49. The highest BCUT2D eigenvalue weighted by atomic mass is 35.5. The highest BCUT2D eigenvalue weighted by Gasteiger charge is 2.38. The Labute approximate surface area is 144 Å². The van der Waals surface area contributed by atoms with Gasteiger partial charge < -0.3 is 9.73 Å². The number of amides is 1. The van der Waals surface area contributed by atoms with E-state index in [1.807, 2.05) is 6.07 Å². The lowest BCUT2D eigenvalue weighted by atomic mass is 9.85. The molecule has 0 bridgehead atoms. The molecular weight excluding hydrogens is 336 g/mol. The van der Waals surface area contributed by atoms with Crippen LogP contribution in [0.3, 0.4) is 0 Å². The first-order valence-corrected chi connectivity index (χ1v) is 8.55. The van der Waals surface area contributed by atoms with E-state index in [-0.39, 0.29) is 24.4 Å². The van der Waals surface area contributed by atoms with Gasteiger partial charge in [-0.3, -0.25) is 10.1 Å². The van der Waals surface area contributed by atoms with Gasteiger partial charge in [-0.15, -0.1) is 22.6 Å². The number of hydrogen-bond acceptors (Lipinski definition) is 6. The van der Waals surface area contributed by atoms with E-state index in [0.717, 1.165) is 6.42 Å². The van der Waals surface area contributed by atoms with Gasteiger partial charge >= 0.3 is 0 Å². The van der Waals surface area contributed by atoms with Crippen molar-refractivity contribution in [2.24, 2.45) is 5.92 Å². The van der Waals surface area contributed by atoms with Gasteiger partial charge in [0.05, 0.1) is 12.3 Å². The largest absolute Gasteiger partial charge is 0.462 e. The maximum Gasteiger partial charge on any atom is 0.243 e. The minimum Gasteiger partial charge on any atom is -0.462 e. The number of nitrogens with zero attached hydrogens (tertiary/aromatic N) is 2. The zero-order valence-corrected chi connectivity index (χ0v) is 14.2. The summed E-state index contributed by atoms with van der Waals surface area (Å²) in [7, 11) is 0. The number of anilines is 1. The molecule has 2 aromatic rings. The standard InChI is InChI=1S/C15H18N4O2S.ClH/c20-13(11-8-9-4-1-2-5-10(9)16-11)17-15-19-18-14(22-15)12-6-3-7-21-12;/h3,6-7,9-11,16H,1-2,4-5,8H2,(H,17,19,20);1H. The molecule has 1 saturated carbocycles. The van der Waals surface area contributed by atoms with E-state index in [4.69, 9.17) is 4.42 Å². The summed E-state index contributed by atoms with van der Waals surface area (Å²) in [4.78, 5) is 12.4. The molecule has 2 aromatic heterocycles. The molecule has 6 nitrogen and oxygen atoms in total. The number of fused-ring (bicyclic) bond motifs is 1. The number of nitrogens with one attached hydrogen (secondary N) is 2. The van der Waals surface area contributed by atoms with Crippen LogP contribution in [0.5, 0.6) is 0 Å². The van der Waals surface area contributed by atoms with Crippen molar-refractivity contribution in [2.75, 3.05) is 5.32 Å². The Kier molecular flexibility index (Phi) is 4.99. The molecule has 1 amide bonds. The van der Waals surface area contributed by atoms with Crippen LogP contribution in [0, 0.1) is 5.92 Å². The second-order valence-corrected chi connectivity index (χ2v) is 6.96. The van der Waals surface area contributed by atoms with E-state index in [2.05, 4.69) is 20.8 Å². The average molecular weight is 355 g/mol. The molecule has 2 N–H and O–H groups in total. The van der Waals surface area contributed by atoms with Crippen molar-refractivity contribution >= 4 is 34.8 Å². The molecule has 3 atom stereocenters. The normalized spacial score (nSPS) is 26.3. The topological polar surface area (TPSA) is 80.1 Å². The van der Waals surface area contributed by atoms with E-state index in [1.54, 1.807) is 12.3 Å². The summed E-state index contributed by atoms with van der Waals surface area (Å²) in [5, 5.41) is 15.6. The Morgan fingerprint density at radius 3 is 3.00 bits per heavy atom. The first kappa shape index (κ1) is 16.4. The quantitative estimate of drug-likeness (QED) is 0.885. The Balaban J connectivity index is 0.00000156. The van der Waals surface area contributed by atoms with Gasteiger partial charge in [0.2, 0.25) is 11.0 Å². The highest BCUT2D eigenvalue weighted by molar-refractivity contribution is 7.18. The first-order valence-electron chi connectivity index (χ1n) is 7.74. The van der Waals surface area contributed by atoms with Crippen LogP contribution in [0.1, 0.15) is 32.1 Å². The molecule has 1 saturated heterocycles. The minimum atomic E-state index is -0.107. The van der Waals surface area contributed by atoms with Crippen LogP contribution < -0.4 is 10.6 Å². The molecule has 4 rings (SSSR count). The molecule has 2 aliphatic rings. The Morgan fingerprint density at radius 1 is 1.35 bits per heavy atom. The number of hydrogen-bond donors (Lipinski definition) is 2. The molecule has 1 aliphatic heterocycles. The van der Waals surface area contributed by atoms with Crippen molar-refractivity contribution in [2.45, 2.75) is 44.2 Å². The lowest BCUT2D eigenvalue weighted by Gasteiger charge is -2.24. The second-order valence-electron chi connectivity index (χ2n) is 5.98. The van der Waals surface area contributed by atoms with Crippen molar-refractivity contribution in [1.29, 1.82) is 0 Å². The van der Waals surface area contributed by atoms with Gasteiger partial charge in [0.1, 0.15) is 0 Å². The zero-order valence-electron chi connectivity index (χ0n) is 12.5. The van der Waals surface area contributed by atoms with Gasteiger partial charge in [0.15, 0.2) is 10.8 Å². The molecule has 0 aromatic carbocycles. The van der Waals surface area contributed by atoms with Crippen LogP contribution >= 0.6 is 23.7 Å². The van der Waals surface area contributed by atoms with Crippen LogP contribution in [-0.2, 0) is 4.79 Å². The van der Waals surface area contributed by atoms with Crippen LogP contribution in [0.4, 0.5) is 5.13 Å². The molecule has 23 heavy (non-hydrogen) atoms. The summed E-state index contributed by atoms with van der Waals surface area (Å²) in [5.41, 5.74) is 0. The molecule has 3 heterocycles. The third kappa shape index (κ3) is 3.41. The van der Waals surface area contributed by atoms with Gasteiger partial charge in [-0.25, -0.2) is 0 Å². The smallest absolute Gasteiger partial charge is 0.243 e. The van der Waals surface area contributed by atoms with Crippen LogP contribution in [0.2, 0.25) is 0 Å². The van der Waals surface area contributed by atoms with Gasteiger partial charge in [0, 0.05) is 6.04 Å². The van der Waals surface area contributed by atoms with E-state index in [9.17, 15) is 4.79 Å². The summed E-state index contributed by atoms with van der Waals surface area (Å²) in [6.45, 7) is 0. The number of carbonyl (C=O) groups excluding carboxylic acids is 1. The Hall–Kier alpha value is -1.44. The van der Waals surface area contributed by atoms with Crippen molar-refractivity contribution < 1.29 is 9.21 Å². The third-order valence-corrected chi connectivity index (χ3v) is 5.42. The van der Waals surface area contributed by atoms with Crippen molar-refractivity contribution in [3.63, 3.8) is 0 Å². The molecule has 2 fully saturated rings. The lowest BCUT2D eigenvalue weighted by molar-refractivity contribution is -0.117. The van der Waals surface area contributed by atoms with Gasteiger partial charge in [-0.05, 0) is 37.3 Å². The van der Waals surface area contributed by atoms with E-state index in [0.29, 0.717) is 27.9 Å². The summed E-state index contributed by atoms with van der Waals surface area (Å²) in [5.74, 6) is 1.32. The summed E-state index contributed by atoms with van der Waals surface area (Å²) in [6, 6.07) is 4.04. The molecule has 124 valence electrons. The van der Waals surface area contributed by atoms with Crippen molar-refractivity contribution in [3.05, 3.63) is 18.4 Å². The van der Waals surface area contributed by atoms with E-state index in [1.165, 1.54) is 37.0 Å². The predicted molar refractivity (Wildman–Crippen MR) is 90.8 cm³/mol. The van der Waals surface area contributed by atoms with Crippen molar-refractivity contribution in [3.8, 4) is 10.8 Å². The first-order chi connectivity index (χ1) is 10.8. The second kappa shape index (κ2) is 6.98. The molecule has 0 spiro atoms. The average Bonchev–Trinajstić information content (AvgIpc) is 3.26. The molecule has 1 aliphatic carbocycles. The Bertz CT molecular complexity index is 646. The number of carbonyl (C=O) groups is 1. The minimum absolute atomic E-state index is 0. The summed E-state index contributed by atoms with van der Waals surface area (Å²) < 4.78 is 5.28. The monoisotopic (exact) mass is 354 g/mol. The van der Waals surface area contributed by atoms with Gasteiger partial charge in [-0.2, -0.15) is 0 Å². The molecule has 3 unspecified atom stereocenters. The molecule has 8 heteroatoms. The van der Waals surface area contributed by atoms with Crippen molar-refractivity contribution in [1.82, 2.24) is 15.5 Å². The third-order valence-electron chi connectivity index (χ3n) is 4.57.